The zero-order valence-corrected chi connectivity index (χ0v) is 10.5. The Morgan fingerprint density at radius 3 is 2.69 bits per heavy atom. The van der Waals surface area contributed by atoms with Crippen LogP contribution in [0.3, 0.4) is 0 Å². The molecule has 0 saturated carbocycles. The van der Waals surface area contributed by atoms with Crippen molar-refractivity contribution in [2.24, 2.45) is 0 Å². The van der Waals surface area contributed by atoms with E-state index in [4.69, 9.17) is 16.9 Å². The molecule has 1 heterocycles. The molecule has 0 aliphatic carbocycles. The van der Waals surface area contributed by atoms with Crippen molar-refractivity contribution in [3.05, 3.63) is 17.0 Å². The summed E-state index contributed by atoms with van der Waals surface area (Å²) in [6.45, 7) is 6.57. The number of rotatable bonds is 4. The zero-order valence-electron chi connectivity index (χ0n) is 9.74. The number of nitrogens with zero attached hydrogens (tertiary/aromatic N) is 4. The van der Waals surface area contributed by atoms with E-state index < -0.39 is 0 Å². The maximum Gasteiger partial charge on any atom is 0.134 e. The summed E-state index contributed by atoms with van der Waals surface area (Å²) < 4.78 is 0. The molecule has 0 radical (unpaired) electrons. The maximum atomic E-state index is 8.62. The van der Waals surface area contributed by atoms with Crippen molar-refractivity contribution in [2.45, 2.75) is 33.2 Å². The highest BCUT2D eigenvalue weighted by atomic mass is 35.5. The minimum absolute atomic E-state index is 0.277. The molecule has 0 aliphatic heterocycles. The second-order valence-electron chi connectivity index (χ2n) is 3.79. The molecule has 16 heavy (non-hydrogen) atoms. The summed E-state index contributed by atoms with van der Waals surface area (Å²) >= 11 is 5.89. The quantitative estimate of drug-likeness (QED) is 0.757. The zero-order chi connectivity index (χ0) is 12.1. The molecule has 0 bridgehead atoms. The molecule has 0 atom stereocenters. The van der Waals surface area contributed by atoms with Crippen LogP contribution in [0.15, 0.2) is 6.07 Å². The van der Waals surface area contributed by atoms with Gasteiger partial charge in [-0.05, 0) is 20.8 Å². The van der Waals surface area contributed by atoms with Gasteiger partial charge in [0.1, 0.15) is 16.8 Å². The Labute approximate surface area is 101 Å². The highest BCUT2D eigenvalue weighted by Crippen LogP contribution is 2.18. The predicted molar refractivity (Wildman–Crippen MR) is 64.5 cm³/mol. The second-order valence-corrected chi connectivity index (χ2v) is 4.18. The van der Waals surface area contributed by atoms with Crippen molar-refractivity contribution in [3.8, 4) is 6.07 Å². The lowest BCUT2D eigenvalue weighted by Gasteiger charge is -2.27. The van der Waals surface area contributed by atoms with Crippen LogP contribution < -0.4 is 4.90 Å². The van der Waals surface area contributed by atoms with E-state index in [-0.39, 0.29) is 6.04 Å². The van der Waals surface area contributed by atoms with E-state index in [1.165, 1.54) is 0 Å². The van der Waals surface area contributed by atoms with Gasteiger partial charge in [0.15, 0.2) is 0 Å². The third kappa shape index (κ3) is 3.35. The largest absolute Gasteiger partial charge is 0.353 e. The second kappa shape index (κ2) is 5.66. The summed E-state index contributed by atoms with van der Waals surface area (Å²) in [5.41, 5.74) is 0. The predicted octanol–water partition coefficient (Wildman–Crippen LogP) is 2.57. The Morgan fingerprint density at radius 1 is 1.50 bits per heavy atom. The Balaban J connectivity index is 2.96. The Morgan fingerprint density at radius 2 is 2.19 bits per heavy atom. The van der Waals surface area contributed by atoms with E-state index in [0.717, 1.165) is 5.82 Å². The van der Waals surface area contributed by atoms with Crippen LogP contribution in [0.2, 0.25) is 5.15 Å². The molecule has 1 aromatic heterocycles. The van der Waals surface area contributed by atoms with E-state index in [0.29, 0.717) is 23.9 Å². The first-order chi connectivity index (χ1) is 7.54. The molecule has 0 aromatic carbocycles. The Kier molecular flexibility index (Phi) is 4.51. The van der Waals surface area contributed by atoms with Crippen molar-refractivity contribution in [1.82, 2.24) is 9.97 Å². The lowest BCUT2D eigenvalue weighted by atomic mass is 10.3. The summed E-state index contributed by atoms with van der Waals surface area (Å²) in [7, 11) is 0. The maximum absolute atomic E-state index is 8.62. The van der Waals surface area contributed by atoms with Gasteiger partial charge in [0.05, 0.1) is 12.5 Å². The number of hydrogen-bond acceptors (Lipinski definition) is 4. The van der Waals surface area contributed by atoms with Gasteiger partial charge in [0.2, 0.25) is 0 Å². The minimum atomic E-state index is 0.277. The van der Waals surface area contributed by atoms with Gasteiger partial charge in [-0.25, -0.2) is 9.97 Å². The monoisotopic (exact) mass is 238 g/mol. The minimum Gasteiger partial charge on any atom is -0.353 e. The third-order valence-corrected chi connectivity index (χ3v) is 2.37. The molecule has 86 valence electrons. The lowest BCUT2D eigenvalue weighted by Crippen LogP contribution is -2.32. The highest BCUT2D eigenvalue weighted by molar-refractivity contribution is 6.29. The fraction of sp³-hybridized carbons (Fsp3) is 0.545. The fourth-order valence-electron chi connectivity index (χ4n) is 1.47. The summed E-state index contributed by atoms with van der Waals surface area (Å²) in [4.78, 5) is 10.4. The third-order valence-electron chi connectivity index (χ3n) is 2.18. The van der Waals surface area contributed by atoms with Gasteiger partial charge < -0.3 is 4.90 Å². The number of hydrogen-bond donors (Lipinski definition) is 0. The first-order valence-corrected chi connectivity index (χ1v) is 5.57. The van der Waals surface area contributed by atoms with Gasteiger partial charge >= 0.3 is 0 Å². The summed E-state index contributed by atoms with van der Waals surface area (Å²) in [5, 5.41) is 9.05. The first-order valence-electron chi connectivity index (χ1n) is 5.19. The van der Waals surface area contributed by atoms with Crippen LogP contribution in [0, 0.1) is 18.3 Å². The van der Waals surface area contributed by atoms with Gasteiger partial charge in [-0.1, -0.05) is 11.6 Å². The van der Waals surface area contributed by atoms with Crippen molar-refractivity contribution in [2.75, 3.05) is 11.4 Å². The molecular weight excluding hydrogens is 224 g/mol. The van der Waals surface area contributed by atoms with Gasteiger partial charge in [-0.15, -0.1) is 0 Å². The smallest absolute Gasteiger partial charge is 0.134 e. The van der Waals surface area contributed by atoms with Gasteiger partial charge in [-0.3, -0.25) is 0 Å². The van der Waals surface area contributed by atoms with Crippen LogP contribution in [-0.4, -0.2) is 22.6 Å². The number of aryl methyl sites for hydroxylation is 1. The van der Waals surface area contributed by atoms with Crippen LogP contribution in [-0.2, 0) is 0 Å². The molecule has 1 aromatic rings. The first kappa shape index (κ1) is 12.7. The number of aromatic nitrogens is 2. The van der Waals surface area contributed by atoms with E-state index >= 15 is 0 Å². The highest BCUT2D eigenvalue weighted by Gasteiger charge is 2.12. The standard InChI is InChI=1S/C11H15ClN4/c1-8(2)16(6-4-5-13)11-7-10(12)14-9(3)15-11/h7-8H,4,6H2,1-3H3. The summed E-state index contributed by atoms with van der Waals surface area (Å²) in [6, 6.07) is 4.14. The molecule has 5 heteroatoms. The fourth-order valence-corrected chi connectivity index (χ4v) is 1.69. The topological polar surface area (TPSA) is 52.8 Å². The number of halogens is 1. The summed E-state index contributed by atoms with van der Waals surface area (Å²) in [6.07, 6.45) is 0.471. The average molecular weight is 239 g/mol. The van der Waals surface area contributed by atoms with Gasteiger partial charge in [0.25, 0.3) is 0 Å². The van der Waals surface area contributed by atoms with Crippen molar-refractivity contribution in [3.63, 3.8) is 0 Å². The summed E-state index contributed by atoms with van der Waals surface area (Å²) in [5.74, 6) is 1.42. The molecule has 0 N–H and O–H groups in total. The number of anilines is 1. The molecule has 0 saturated heterocycles. The molecule has 0 amide bonds. The van der Waals surface area contributed by atoms with E-state index in [1.807, 2.05) is 4.90 Å². The molecule has 4 nitrogen and oxygen atoms in total. The molecule has 0 spiro atoms. The number of nitriles is 1. The molecule has 0 aliphatic rings. The van der Waals surface area contributed by atoms with Crippen LogP contribution in [0.25, 0.3) is 0 Å². The Bertz CT molecular complexity index is 377. The SMILES string of the molecule is Cc1nc(Cl)cc(N(CCC#N)C(C)C)n1. The van der Waals surface area contributed by atoms with Gasteiger partial charge in [-0.2, -0.15) is 5.26 Å². The molecule has 0 unspecified atom stereocenters. The molecule has 1 rings (SSSR count). The van der Waals surface area contributed by atoms with Crippen LogP contribution in [0.4, 0.5) is 5.82 Å². The molecular formula is C11H15ClN4. The average Bonchev–Trinajstić information content (AvgIpc) is 2.16. The van der Waals surface area contributed by atoms with Crippen molar-refractivity contribution >= 4 is 17.4 Å². The lowest BCUT2D eigenvalue weighted by molar-refractivity contribution is 0.674. The van der Waals surface area contributed by atoms with Crippen molar-refractivity contribution in [1.29, 1.82) is 5.26 Å². The van der Waals surface area contributed by atoms with Crippen LogP contribution in [0.1, 0.15) is 26.1 Å². The normalized spacial score (nSPS) is 10.2. The van der Waals surface area contributed by atoms with E-state index in [9.17, 15) is 0 Å². The van der Waals surface area contributed by atoms with E-state index in [1.54, 1.807) is 13.0 Å². The van der Waals surface area contributed by atoms with Gasteiger partial charge in [0, 0.05) is 18.7 Å². The van der Waals surface area contributed by atoms with Crippen LogP contribution >= 0.6 is 11.6 Å². The van der Waals surface area contributed by atoms with Crippen molar-refractivity contribution < 1.29 is 0 Å². The molecule has 0 fully saturated rings. The van der Waals surface area contributed by atoms with E-state index in [2.05, 4.69) is 29.9 Å². The Hall–Kier alpha value is -1.34. The van der Waals surface area contributed by atoms with Crippen LogP contribution in [0.5, 0.6) is 0 Å².